The molecule has 8 nitrogen and oxygen atoms in total. The second-order valence-electron chi connectivity index (χ2n) is 10.9. The number of piperidine rings is 1. The molecular weight excluding hydrogens is 444 g/mol. The Hall–Kier alpha value is -3.00. The van der Waals surface area contributed by atoms with Gasteiger partial charge in [0, 0.05) is 43.2 Å². The molecule has 7 rings (SSSR count). The number of methoxy groups -OCH3 is 1. The molecule has 1 spiro atoms. The molecule has 184 valence electrons. The predicted molar refractivity (Wildman–Crippen MR) is 129 cm³/mol. The van der Waals surface area contributed by atoms with E-state index < -0.39 is 0 Å². The molecule has 2 saturated heterocycles. The zero-order valence-corrected chi connectivity index (χ0v) is 20.6. The van der Waals surface area contributed by atoms with Gasteiger partial charge in [0.05, 0.1) is 12.8 Å². The van der Waals surface area contributed by atoms with Crippen molar-refractivity contribution >= 4 is 12.3 Å². The number of amides is 2. The molecule has 5 aliphatic rings. The number of H-pyrrole nitrogens is 1. The van der Waals surface area contributed by atoms with Gasteiger partial charge in [0.2, 0.25) is 6.41 Å². The third kappa shape index (κ3) is 2.61. The summed E-state index contributed by atoms with van der Waals surface area (Å²) >= 11 is 0. The van der Waals surface area contributed by atoms with E-state index >= 15 is 0 Å². The number of ether oxygens (including phenoxy) is 2. The normalized spacial score (nSPS) is 30.4. The van der Waals surface area contributed by atoms with Crippen molar-refractivity contribution in [1.29, 1.82) is 0 Å². The van der Waals surface area contributed by atoms with E-state index in [1.807, 2.05) is 11.0 Å². The van der Waals surface area contributed by atoms with Crippen LogP contribution in [0.1, 0.15) is 51.0 Å². The van der Waals surface area contributed by atoms with Crippen molar-refractivity contribution in [3.05, 3.63) is 45.8 Å². The van der Waals surface area contributed by atoms with Crippen LogP contribution in [0.5, 0.6) is 11.5 Å². The van der Waals surface area contributed by atoms with Gasteiger partial charge in [-0.2, -0.15) is 0 Å². The highest BCUT2D eigenvalue weighted by Crippen LogP contribution is 2.67. The molecule has 35 heavy (non-hydrogen) atoms. The van der Waals surface area contributed by atoms with Crippen molar-refractivity contribution < 1.29 is 19.1 Å². The molecule has 1 unspecified atom stereocenters. The van der Waals surface area contributed by atoms with Gasteiger partial charge in [-0.15, -0.1) is 0 Å². The highest BCUT2D eigenvalue weighted by atomic mass is 16.5. The molecule has 2 bridgehead atoms. The fourth-order valence-electron chi connectivity index (χ4n) is 7.84. The average molecular weight is 477 g/mol. The molecular formula is C27H32N4O4. The molecule has 1 N–H and O–H groups in total. The van der Waals surface area contributed by atoms with Crippen LogP contribution < -0.4 is 9.47 Å². The molecule has 0 saturated carbocycles. The maximum Gasteiger partial charge on any atom is 0.270 e. The van der Waals surface area contributed by atoms with E-state index in [4.69, 9.17) is 9.47 Å². The summed E-state index contributed by atoms with van der Waals surface area (Å²) in [5, 5.41) is 0. The van der Waals surface area contributed by atoms with Gasteiger partial charge in [0.15, 0.2) is 11.5 Å². The van der Waals surface area contributed by atoms with Gasteiger partial charge in [-0.05, 0) is 68.5 Å². The summed E-state index contributed by atoms with van der Waals surface area (Å²) in [6.07, 6.45) is 3.75. The second kappa shape index (κ2) is 7.26. The quantitative estimate of drug-likeness (QED) is 0.687. The molecule has 0 radical (unpaired) electrons. The number of piperazine rings is 1. The molecule has 4 heterocycles. The van der Waals surface area contributed by atoms with Crippen LogP contribution in [-0.2, 0) is 23.1 Å². The number of aromatic amines is 1. The van der Waals surface area contributed by atoms with Crippen molar-refractivity contribution in [1.82, 2.24) is 19.7 Å². The fourth-order valence-corrected chi connectivity index (χ4v) is 7.84. The lowest BCUT2D eigenvalue weighted by molar-refractivity contribution is -0.119. The van der Waals surface area contributed by atoms with Crippen LogP contribution in [0.4, 0.5) is 0 Å². The van der Waals surface area contributed by atoms with E-state index in [1.54, 1.807) is 12.0 Å². The predicted octanol–water partition coefficient (Wildman–Crippen LogP) is 2.05. The van der Waals surface area contributed by atoms with Gasteiger partial charge < -0.3 is 29.2 Å². The molecule has 2 fully saturated rings. The van der Waals surface area contributed by atoms with Crippen LogP contribution in [0, 0.1) is 12.8 Å². The monoisotopic (exact) mass is 476 g/mol. The number of carbonyl (C=O) groups is 2. The number of likely N-dealkylation sites (tertiary alicyclic amines) is 1. The Kier molecular flexibility index (Phi) is 4.42. The fraction of sp³-hybridized carbons (Fsp3) is 0.556. The average Bonchev–Trinajstić information content (AvgIpc) is 3.40. The number of benzene rings is 1. The van der Waals surface area contributed by atoms with Crippen molar-refractivity contribution in [2.75, 3.05) is 46.9 Å². The van der Waals surface area contributed by atoms with Crippen LogP contribution >= 0.6 is 0 Å². The number of likely N-dealkylation sites (N-methyl/N-ethyl adjacent to an activating group) is 1. The van der Waals surface area contributed by atoms with Crippen molar-refractivity contribution in [2.45, 2.75) is 43.7 Å². The Morgan fingerprint density at radius 2 is 2.00 bits per heavy atom. The lowest BCUT2D eigenvalue weighted by Crippen LogP contribution is -2.62. The maximum absolute atomic E-state index is 13.6. The Morgan fingerprint density at radius 1 is 1.20 bits per heavy atom. The SMILES string of the molecule is COc1ccc2c3c1O[C@H]1c4[nH]c(C(=O)N5CCN(C=O)CC5)c(C)c4CC4[C@@H](C2)N(C)CC[C@@]341. The molecule has 2 amide bonds. The minimum absolute atomic E-state index is 0.0248. The highest BCUT2D eigenvalue weighted by Gasteiger charge is 2.65. The number of hydrogen-bond acceptors (Lipinski definition) is 5. The van der Waals surface area contributed by atoms with E-state index in [0.29, 0.717) is 43.8 Å². The Bertz CT molecular complexity index is 1250. The topological polar surface area (TPSA) is 78.1 Å². The molecule has 8 heteroatoms. The van der Waals surface area contributed by atoms with E-state index in [2.05, 4.69) is 29.9 Å². The first-order valence-corrected chi connectivity index (χ1v) is 12.7. The number of hydrogen-bond donors (Lipinski definition) is 1. The lowest BCUT2D eigenvalue weighted by Gasteiger charge is -2.57. The lowest BCUT2D eigenvalue weighted by atomic mass is 9.51. The minimum Gasteiger partial charge on any atom is -0.493 e. The summed E-state index contributed by atoms with van der Waals surface area (Å²) in [7, 11) is 3.97. The summed E-state index contributed by atoms with van der Waals surface area (Å²) in [6.45, 7) is 5.41. The number of rotatable bonds is 3. The van der Waals surface area contributed by atoms with Gasteiger partial charge in [-0.1, -0.05) is 6.07 Å². The molecule has 4 atom stereocenters. The van der Waals surface area contributed by atoms with Gasteiger partial charge in [-0.3, -0.25) is 9.59 Å². The molecule has 1 aromatic carbocycles. The number of aromatic nitrogens is 1. The summed E-state index contributed by atoms with van der Waals surface area (Å²) < 4.78 is 12.6. The first-order chi connectivity index (χ1) is 17.0. The summed E-state index contributed by atoms with van der Waals surface area (Å²) in [6, 6.07) is 4.74. The van der Waals surface area contributed by atoms with Crippen molar-refractivity contribution in [2.24, 2.45) is 5.92 Å². The summed E-state index contributed by atoms with van der Waals surface area (Å²) in [5.41, 5.74) is 6.70. The Morgan fingerprint density at radius 3 is 2.74 bits per heavy atom. The summed E-state index contributed by atoms with van der Waals surface area (Å²) in [5.74, 6) is 2.17. The van der Waals surface area contributed by atoms with Gasteiger partial charge in [0.1, 0.15) is 11.8 Å². The van der Waals surface area contributed by atoms with E-state index in [-0.39, 0.29) is 17.4 Å². The van der Waals surface area contributed by atoms with Crippen LogP contribution in [0.3, 0.4) is 0 Å². The van der Waals surface area contributed by atoms with E-state index in [1.165, 1.54) is 16.7 Å². The van der Waals surface area contributed by atoms with Crippen LogP contribution in [-0.4, -0.2) is 84.9 Å². The standard InChI is InChI=1S/C27H32N4O4/c1-15-17-13-18-19-12-16-4-5-20(34-3)24-21(16)27(18,6-7-29(19)2)25(35-24)23(17)28-22(15)26(33)31-10-8-30(14-32)9-11-31/h4-5,14,18-19,25,28H,6-13H2,1-3H3/t18?,19-,25+,27+/m1/s1. The molecule has 2 aliphatic carbocycles. The van der Waals surface area contributed by atoms with Gasteiger partial charge >= 0.3 is 0 Å². The number of nitrogens with zero attached hydrogens (tertiary/aromatic N) is 3. The summed E-state index contributed by atoms with van der Waals surface area (Å²) in [4.78, 5) is 34.4. The second-order valence-corrected chi connectivity index (χ2v) is 10.9. The number of carbonyl (C=O) groups excluding carboxylic acids is 2. The number of fused-ring (bicyclic) bond motifs is 2. The molecule has 3 aliphatic heterocycles. The van der Waals surface area contributed by atoms with Crippen LogP contribution in [0.15, 0.2) is 12.1 Å². The van der Waals surface area contributed by atoms with Crippen LogP contribution in [0.2, 0.25) is 0 Å². The highest BCUT2D eigenvalue weighted by molar-refractivity contribution is 5.95. The largest absolute Gasteiger partial charge is 0.493 e. The first-order valence-electron chi connectivity index (χ1n) is 12.7. The minimum atomic E-state index is -0.134. The van der Waals surface area contributed by atoms with Crippen LogP contribution in [0.25, 0.3) is 0 Å². The van der Waals surface area contributed by atoms with E-state index in [0.717, 1.165) is 55.0 Å². The third-order valence-electron chi connectivity index (χ3n) is 9.66. The zero-order chi connectivity index (χ0) is 24.1. The Labute approximate surface area is 205 Å². The Balaban J connectivity index is 1.34. The van der Waals surface area contributed by atoms with Crippen molar-refractivity contribution in [3.63, 3.8) is 0 Å². The van der Waals surface area contributed by atoms with Crippen molar-refractivity contribution in [3.8, 4) is 11.5 Å². The van der Waals surface area contributed by atoms with E-state index in [9.17, 15) is 9.59 Å². The molecule has 2 aromatic rings. The number of nitrogens with one attached hydrogen (secondary N) is 1. The van der Waals surface area contributed by atoms with Gasteiger partial charge in [-0.25, -0.2) is 0 Å². The maximum atomic E-state index is 13.6. The molecule has 1 aromatic heterocycles. The van der Waals surface area contributed by atoms with Gasteiger partial charge in [0.25, 0.3) is 5.91 Å². The smallest absolute Gasteiger partial charge is 0.270 e. The third-order valence-corrected chi connectivity index (χ3v) is 9.66. The zero-order valence-electron chi connectivity index (χ0n) is 20.6. The first kappa shape index (κ1) is 21.3.